The third-order valence-electron chi connectivity index (χ3n) is 2.61. The summed E-state index contributed by atoms with van der Waals surface area (Å²) in [6.45, 7) is 5.72. The molecule has 1 fully saturated rings. The second-order valence-electron chi connectivity index (χ2n) is 3.69. The molecule has 0 radical (unpaired) electrons. The minimum atomic E-state index is 0.841. The molecule has 0 unspecified atom stereocenters. The van der Waals surface area contributed by atoms with Gasteiger partial charge in [0.2, 0.25) is 0 Å². The van der Waals surface area contributed by atoms with Gasteiger partial charge >= 0.3 is 0 Å². The number of nitrogens with zero attached hydrogens (tertiary/aromatic N) is 1. The molecule has 0 aliphatic carbocycles. The van der Waals surface area contributed by atoms with Gasteiger partial charge in [0, 0.05) is 18.8 Å². The Hall–Kier alpha value is -1.28. The van der Waals surface area contributed by atoms with Gasteiger partial charge < -0.3 is 9.64 Å². The molecule has 1 saturated heterocycles. The summed E-state index contributed by atoms with van der Waals surface area (Å²) >= 11 is 0. The van der Waals surface area contributed by atoms with Gasteiger partial charge in [-0.15, -0.1) is 0 Å². The van der Waals surface area contributed by atoms with Gasteiger partial charge in [0.1, 0.15) is 0 Å². The maximum absolute atomic E-state index is 5.34. The molecule has 0 spiro atoms. The van der Waals surface area contributed by atoms with Crippen LogP contribution < -0.4 is 4.90 Å². The lowest BCUT2D eigenvalue weighted by Crippen LogP contribution is -2.36. The Morgan fingerprint density at radius 1 is 1.27 bits per heavy atom. The van der Waals surface area contributed by atoms with Crippen molar-refractivity contribution in [1.29, 1.82) is 0 Å². The normalized spacial score (nSPS) is 17.3. The number of anilines is 1. The molecule has 0 aromatic heterocycles. The number of hydrogen-bond acceptors (Lipinski definition) is 2. The molecule has 1 aromatic carbocycles. The molecule has 2 rings (SSSR count). The smallest absolute Gasteiger partial charge is 0.0642 e. The molecule has 1 aliphatic heterocycles. The molecule has 15 heavy (non-hydrogen) atoms. The molecule has 0 N–H and O–H groups in total. The molecular weight excluding hydrogens is 186 g/mol. The average molecular weight is 203 g/mol. The minimum absolute atomic E-state index is 0.841. The van der Waals surface area contributed by atoms with E-state index in [0.29, 0.717) is 0 Å². The summed E-state index contributed by atoms with van der Waals surface area (Å²) in [6.07, 6.45) is 4.20. The van der Waals surface area contributed by atoms with Crippen LogP contribution >= 0.6 is 0 Å². The predicted molar refractivity (Wildman–Crippen MR) is 64.2 cm³/mol. The van der Waals surface area contributed by atoms with Crippen LogP contribution in [0.2, 0.25) is 0 Å². The van der Waals surface area contributed by atoms with E-state index in [1.165, 1.54) is 11.3 Å². The Kier molecular flexibility index (Phi) is 3.41. The Morgan fingerprint density at radius 2 is 2.07 bits per heavy atom. The number of rotatable bonds is 2. The lowest BCUT2D eigenvalue weighted by Gasteiger charge is -2.29. The van der Waals surface area contributed by atoms with E-state index in [4.69, 9.17) is 4.74 Å². The van der Waals surface area contributed by atoms with E-state index in [1.807, 2.05) is 6.92 Å². The van der Waals surface area contributed by atoms with Crippen LogP contribution in [0.5, 0.6) is 0 Å². The van der Waals surface area contributed by atoms with Crippen LogP contribution in [0.25, 0.3) is 6.08 Å². The maximum Gasteiger partial charge on any atom is 0.0642 e. The topological polar surface area (TPSA) is 12.5 Å². The first-order chi connectivity index (χ1) is 7.40. The van der Waals surface area contributed by atoms with Gasteiger partial charge in [-0.2, -0.15) is 0 Å². The van der Waals surface area contributed by atoms with E-state index < -0.39 is 0 Å². The summed E-state index contributed by atoms with van der Waals surface area (Å²) in [6, 6.07) is 8.63. The van der Waals surface area contributed by atoms with E-state index in [2.05, 4.69) is 41.3 Å². The first-order valence-corrected chi connectivity index (χ1v) is 5.45. The number of allylic oxidation sites excluding steroid dienone is 1. The second kappa shape index (κ2) is 4.99. The molecule has 1 aliphatic rings. The van der Waals surface area contributed by atoms with E-state index in [0.717, 1.165) is 26.3 Å². The Balaban J connectivity index is 2.15. The molecule has 0 saturated carbocycles. The molecule has 0 bridgehead atoms. The van der Waals surface area contributed by atoms with Crippen molar-refractivity contribution < 1.29 is 4.74 Å². The average Bonchev–Trinajstić information content (AvgIpc) is 2.31. The quantitative estimate of drug-likeness (QED) is 0.732. The molecule has 1 heterocycles. The van der Waals surface area contributed by atoms with Crippen LogP contribution in [0.15, 0.2) is 30.3 Å². The van der Waals surface area contributed by atoms with Crippen LogP contribution in [0.4, 0.5) is 5.69 Å². The highest BCUT2D eigenvalue weighted by atomic mass is 16.5. The first-order valence-electron chi connectivity index (χ1n) is 5.45. The lowest BCUT2D eigenvalue weighted by molar-refractivity contribution is 0.122. The largest absolute Gasteiger partial charge is 0.378 e. The van der Waals surface area contributed by atoms with Gasteiger partial charge in [0.05, 0.1) is 13.2 Å². The van der Waals surface area contributed by atoms with Crippen LogP contribution in [0.3, 0.4) is 0 Å². The predicted octanol–water partition coefficient (Wildman–Crippen LogP) is 2.56. The molecule has 1 aromatic rings. The van der Waals surface area contributed by atoms with Crippen molar-refractivity contribution in [2.24, 2.45) is 0 Å². The summed E-state index contributed by atoms with van der Waals surface area (Å²) in [5.41, 5.74) is 2.57. The number of benzene rings is 1. The highest BCUT2D eigenvalue weighted by Gasteiger charge is 2.10. The minimum Gasteiger partial charge on any atom is -0.378 e. The molecule has 0 amide bonds. The van der Waals surface area contributed by atoms with Gasteiger partial charge in [0.15, 0.2) is 0 Å². The highest BCUT2D eigenvalue weighted by molar-refractivity contribution is 5.58. The van der Waals surface area contributed by atoms with Crippen LogP contribution in [0, 0.1) is 0 Å². The summed E-state index contributed by atoms with van der Waals surface area (Å²) in [4.78, 5) is 2.37. The summed E-state index contributed by atoms with van der Waals surface area (Å²) in [7, 11) is 0. The fraction of sp³-hybridized carbons (Fsp3) is 0.385. The number of ether oxygens (including phenoxy) is 1. The Labute approximate surface area is 91.2 Å². The fourth-order valence-corrected chi connectivity index (χ4v) is 1.84. The number of hydrogen-bond donors (Lipinski definition) is 0. The Morgan fingerprint density at radius 3 is 2.80 bits per heavy atom. The summed E-state index contributed by atoms with van der Waals surface area (Å²) in [5.74, 6) is 0. The first kappa shape index (κ1) is 10.2. The van der Waals surface area contributed by atoms with Gasteiger partial charge in [0.25, 0.3) is 0 Å². The van der Waals surface area contributed by atoms with Gasteiger partial charge in [-0.3, -0.25) is 0 Å². The van der Waals surface area contributed by atoms with E-state index >= 15 is 0 Å². The third kappa shape index (κ3) is 2.60. The van der Waals surface area contributed by atoms with Crippen molar-refractivity contribution in [2.75, 3.05) is 31.2 Å². The van der Waals surface area contributed by atoms with Crippen LogP contribution in [-0.2, 0) is 4.74 Å². The monoisotopic (exact) mass is 203 g/mol. The summed E-state index contributed by atoms with van der Waals surface area (Å²) < 4.78 is 5.34. The zero-order valence-corrected chi connectivity index (χ0v) is 9.15. The number of morpholine rings is 1. The van der Waals surface area contributed by atoms with E-state index in [1.54, 1.807) is 0 Å². The fourth-order valence-electron chi connectivity index (χ4n) is 1.84. The Bertz CT molecular complexity index is 340. The van der Waals surface area contributed by atoms with Gasteiger partial charge in [-0.05, 0) is 24.6 Å². The van der Waals surface area contributed by atoms with Crippen LogP contribution in [-0.4, -0.2) is 26.3 Å². The van der Waals surface area contributed by atoms with Crippen molar-refractivity contribution in [3.05, 3.63) is 35.9 Å². The van der Waals surface area contributed by atoms with Gasteiger partial charge in [-0.25, -0.2) is 0 Å². The molecular formula is C13H17NO. The maximum atomic E-state index is 5.34. The SMILES string of the molecule is C/C=C/c1cccc(N2CCOCC2)c1. The van der Waals surface area contributed by atoms with Gasteiger partial charge in [-0.1, -0.05) is 24.3 Å². The molecule has 2 heteroatoms. The third-order valence-corrected chi connectivity index (χ3v) is 2.61. The summed E-state index contributed by atoms with van der Waals surface area (Å²) in [5, 5.41) is 0. The standard InChI is InChI=1S/C13H17NO/c1-2-4-12-5-3-6-13(11-12)14-7-9-15-10-8-14/h2-6,11H,7-10H2,1H3/b4-2+. The molecule has 2 nitrogen and oxygen atoms in total. The molecule has 80 valence electrons. The molecule has 0 atom stereocenters. The lowest BCUT2D eigenvalue weighted by atomic mass is 10.1. The van der Waals surface area contributed by atoms with E-state index in [9.17, 15) is 0 Å². The zero-order chi connectivity index (χ0) is 10.5. The van der Waals surface area contributed by atoms with Crippen molar-refractivity contribution >= 4 is 11.8 Å². The van der Waals surface area contributed by atoms with Crippen LogP contribution in [0.1, 0.15) is 12.5 Å². The van der Waals surface area contributed by atoms with Crippen molar-refractivity contribution in [3.8, 4) is 0 Å². The highest BCUT2D eigenvalue weighted by Crippen LogP contribution is 2.18. The van der Waals surface area contributed by atoms with E-state index in [-0.39, 0.29) is 0 Å². The second-order valence-corrected chi connectivity index (χ2v) is 3.69. The van der Waals surface area contributed by atoms with Crippen molar-refractivity contribution in [2.45, 2.75) is 6.92 Å². The zero-order valence-electron chi connectivity index (χ0n) is 9.15. The van der Waals surface area contributed by atoms with Crippen molar-refractivity contribution in [3.63, 3.8) is 0 Å². The van der Waals surface area contributed by atoms with Crippen molar-refractivity contribution in [1.82, 2.24) is 0 Å².